The van der Waals surface area contributed by atoms with Crippen LogP contribution in [0.1, 0.15) is 58.4 Å². The van der Waals surface area contributed by atoms with Crippen LogP contribution in [0.4, 0.5) is 5.00 Å². The van der Waals surface area contributed by atoms with Gasteiger partial charge in [-0.2, -0.15) is 5.26 Å². The smallest absolute Gasteiger partial charge is 0.267 e. The van der Waals surface area contributed by atoms with Gasteiger partial charge in [-0.25, -0.2) is 0 Å². The van der Waals surface area contributed by atoms with Crippen molar-refractivity contribution in [3.8, 4) is 6.07 Å². The van der Waals surface area contributed by atoms with Crippen molar-refractivity contribution in [2.75, 3.05) is 5.32 Å². The minimum Gasteiger partial charge on any atom is -0.312 e. The number of aryl methyl sites for hydroxylation is 1. The first-order valence-corrected chi connectivity index (χ1v) is 11.7. The van der Waals surface area contributed by atoms with Crippen LogP contribution in [-0.4, -0.2) is 5.91 Å². The van der Waals surface area contributed by atoms with Gasteiger partial charge in [0.2, 0.25) is 0 Å². The predicted octanol–water partition coefficient (Wildman–Crippen LogP) is 7.20. The third-order valence-electron chi connectivity index (χ3n) is 5.82. The van der Waals surface area contributed by atoms with Crippen molar-refractivity contribution in [2.24, 2.45) is 11.3 Å². The summed E-state index contributed by atoms with van der Waals surface area (Å²) in [4.78, 5) is 14.7. The Morgan fingerprint density at radius 3 is 2.76 bits per heavy atom. The highest BCUT2D eigenvalue weighted by Gasteiger charge is 2.32. The molecule has 1 N–H and O–H groups in total. The number of rotatable bonds is 2. The summed E-state index contributed by atoms with van der Waals surface area (Å²) in [5.41, 5.74) is 3.11. The van der Waals surface area contributed by atoms with Gasteiger partial charge in [-0.05, 0) is 54.7 Å². The van der Waals surface area contributed by atoms with Gasteiger partial charge < -0.3 is 5.32 Å². The largest absolute Gasteiger partial charge is 0.312 e. The summed E-state index contributed by atoms with van der Waals surface area (Å²) in [5, 5.41) is 14.8. The van der Waals surface area contributed by atoms with Crippen molar-refractivity contribution in [1.82, 2.24) is 0 Å². The second-order valence-electron chi connectivity index (χ2n) is 8.82. The highest BCUT2D eigenvalue weighted by atomic mass is 35.5. The SMILES string of the molecule is Cc1ccc2c(Cl)c(C(=O)Nc3sc4c(c3C#N)CC[C@H](C(C)(C)C)C4)sc2c1. The molecule has 1 aliphatic rings. The van der Waals surface area contributed by atoms with Crippen LogP contribution in [0.5, 0.6) is 0 Å². The van der Waals surface area contributed by atoms with Gasteiger partial charge in [-0.15, -0.1) is 22.7 Å². The molecule has 0 radical (unpaired) electrons. The lowest BCUT2D eigenvalue weighted by atomic mass is 9.72. The van der Waals surface area contributed by atoms with Gasteiger partial charge in [0.1, 0.15) is 15.9 Å². The molecule has 6 heteroatoms. The first kappa shape index (κ1) is 20.4. The molecule has 0 unspecified atom stereocenters. The molecule has 29 heavy (non-hydrogen) atoms. The zero-order chi connectivity index (χ0) is 20.9. The molecule has 3 nitrogen and oxygen atoms in total. The lowest BCUT2D eigenvalue weighted by Crippen LogP contribution is -2.26. The van der Waals surface area contributed by atoms with Gasteiger partial charge in [0, 0.05) is 15.0 Å². The van der Waals surface area contributed by atoms with Crippen molar-refractivity contribution in [3.05, 3.63) is 49.7 Å². The number of nitriles is 1. The van der Waals surface area contributed by atoms with E-state index in [1.165, 1.54) is 16.2 Å². The summed E-state index contributed by atoms with van der Waals surface area (Å²) < 4.78 is 0.999. The third kappa shape index (κ3) is 3.70. The second-order valence-corrected chi connectivity index (χ2v) is 11.4. The third-order valence-corrected chi connectivity index (χ3v) is 8.65. The van der Waals surface area contributed by atoms with Gasteiger partial charge in [0.15, 0.2) is 0 Å². The normalized spacial score (nSPS) is 16.5. The quantitative estimate of drug-likeness (QED) is 0.456. The van der Waals surface area contributed by atoms with E-state index >= 15 is 0 Å². The Balaban J connectivity index is 1.65. The van der Waals surface area contributed by atoms with Gasteiger partial charge in [0.25, 0.3) is 5.91 Å². The molecule has 2 aromatic heterocycles. The number of hydrogen-bond acceptors (Lipinski definition) is 4. The molecular formula is C23H23ClN2OS2. The maximum atomic E-state index is 13.0. The van der Waals surface area contributed by atoms with Crippen molar-refractivity contribution in [1.29, 1.82) is 5.26 Å². The van der Waals surface area contributed by atoms with E-state index in [0.29, 0.717) is 26.4 Å². The van der Waals surface area contributed by atoms with Crippen LogP contribution in [0.3, 0.4) is 0 Å². The number of nitrogens with zero attached hydrogens (tertiary/aromatic N) is 1. The molecule has 0 saturated heterocycles. The second kappa shape index (κ2) is 7.43. The summed E-state index contributed by atoms with van der Waals surface area (Å²) in [5.74, 6) is 0.348. The predicted molar refractivity (Wildman–Crippen MR) is 124 cm³/mol. The molecule has 0 aliphatic heterocycles. The lowest BCUT2D eigenvalue weighted by molar-refractivity contribution is 0.103. The van der Waals surface area contributed by atoms with Crippen LogP contribution in [0, 0.1) is 29.6 Å². The highest BCUT2D eigenvalue weighted by molar-refractivity contribution is 7.22. The molecule has 2 heterocycles. The fourth-order valence-corrected chi connectivity index (χ4v) is 6.79. The van der Waals surface area contributed by atoms with Crippen molar-refractivity contribution in [2.45, 2.75) is 47.0 Å². The molecule has 1 aliphatic carbocycles. The first-order valence-electron chi connectivity index (χ1n) is 9.73. The standard InChI is InChI=1S/C23H23ClN2OS2/c1-12-5-7-15-17(9-12)28-20(19(15)24)21(27)26-22-16(11-25)14-8-6-13(23(2,3)4)10-18(14)29-22/h5,7,9,13H,6,8,10H2,1-4H3,(H,26,27)/t13-/m0/s1. The molecule has 0 fully saturated rings. The van der Waals surface area contributed by atoms with Gasteiger partial charge in [-0.3, -0.25) is 4.79 Å². The molecule has 0 bridgehead atoms. The molecule has 3 aromatic rings. The summed E-state index contributed by atoms with van der Waals surface area (Å²) in [6.07, 6.45) is 2.95. The van der Waals surface area contributed by atoms with Gasteiger partial charge >= 0.3 is 0 Å². The monoisotopic (exact) mass is 442 g/mol. The zero-order valence-corrected chi connectivity index (χ0v) is 19.4. The number of thiophene rings is 2. The Labute approximate surface area is 184 Å². The van der Waals surface area contributed by atoms with E-state index in [1.54, 1.807) is 11.3 Å². The van der Waals surface area contributed by atoms with E-state index in [4.69, 9.17) is 11.6 Å². The summed E-state index contributed by atoms with van der Waals surface area (Å²) >= 11 is 9.45. The van der Waals surface area contributed by atoms with Crippen LogP contribution in [0.2, 0.25) is 5.02 Å². The van der Waals surface area contributed by atoms with Crippen LogP contribution in [0.25, 0.3) is 10.1 Å². The Morgan fingerprint density at radius 2 is 2.07 bits per heavy atom. The number of benzene rings is 1. The Hall–Kier alpha value is -1.87. The van der Waals surface area contributed by atoms with Crippen LogP contribution in [0.15, 0.2) is 18.2 Å². The maximum Gasteiger partial charge on any atom is 0.267 e. The molecule has 1 aromatic carbocycles. The molecule has 0 spiro atoms. The number of anilines is 1. The fourth-order valence-electron chi connectivity index (χ4n) is 4.01. The van der Waals surface area contributed by atoms with E-state index in [2.05, 4.69) is 32.2 Å². The van der Waals surface area contributed by atoms with Crippen molar-refractivity contribution in [3.63, 3.8) is 0 Å². The van der Waals surface area contributed by atoms with E-state index in [9.17, 15) is 10.1 Å². The number of halogens is 1. The van der Waals surface area contributed by atoms with E-state index in [1.807, 2.05) is 25.1 Å². The van der Waals surface area contributed by atoms with E-state index in [-0.39, 0.29) is 11.3 Å². The summed E-state index contributed by atoms with van der Waals surface area (Å²) in [6, 6.07) is 8.32. The lowest BCUT2D eigenvalue weighted by Gasteiger charge is -2.33. The Morgan fingerprint density at radius 1 is 1.31 bits per heavy atom. The molecule has 1 amide bonds. The first-order chi connectivity index (χ1) is 13.7. The van der Waals surface area contributed by atoms with Gasteiger partial charge in [-0.1, -0.05) is 44.5 Å². The molecule has 0 saturated carbocycles. The average Bonchev–Trinajstić information content (AvgIpc) is 3.16. The number of carbonyl (C=O) groups is 1. The van der Waals surface area contributed by atoms with E-state index in [0.717, 1.165) is 40.5 Å². The molecule has 150 valence electrons. The number of amides is 1. The number of carbonyl (C=O) groups excluding carboxylic acids is 1. The zero-order valence-electron chi connectivity index (χ0n) is 17.0. The Bertz CT molecular complexity index is 1160. The van der Waals surface area contributed by atoms with E-state index < -0.39 is 0 Å². The minimum atomic E-state index is -0.240. The number of nitrogens with one attached hydrogen (secondary N) is 1. The van der Waals surface area contributed by atoms with Crippen LogP contribution in [-0.2, 0) is 12.8 Å². The number of hydrogen-bond donors (Lipinski definition) is 1. The van der Waals surface area contributed by atoms with Crippen molar-refractivity contribution >= 4 is 55.3 Å². The maximum absolute atomic E-state index is 13.0. The van der Waals surface area contributed by atoms with Gasteiger partial charge in [0.05, 0.1) is 10.6 Å². The van der Waals surface area contributed by atoms with Crippen LogP contribution < -0.4 is 5.32 Å². The van der Waals surface area contributed by atoms with Crippen molar-refractivity contribution < 1.29 is 4.79 Å². The van der Waals surface area contributed by atoms with Crippen LogP contribution >= 0.6 is 34.3 Å². The highest BCUT2D eigenvalue weighted by Crippen LogP contribution is 2.44. The molecular weight excluding hydrogens is 420 g/mol. The number of fused-ring (bicyclic) bond motifs is 2. The summed E-state index contributed by atoms with van der Waals surface area (Å²) in [7, 11) is 0. The topological polar surface area (TPSA) is 52.9 Å². The minimum absolute atomic E-state index is 0.237. The fraction of sp³-hybridized carbons (Fsp3) is 0.391. The summed E-state index contributed by atoms with van der Waals surface area (Å²) in [6.45, 7) is 8.84. The molecule has 1 atom stereocenters. The Kier molecular flexibility index (Phi) is 5.23. The molecule has 4 rings (SSSR count). The average molecular weight is 443 g/mol.